The van der Waals surface area contributed by atoms with Crippen molar-refractivity contribution in [2.45, 2.75) is 32.7 Å². The zero-order valence-electron chi connectivity index (χ0n) is 12.6. The fourth-order valence-corrected chi connectivity index (χ4v) is 2.78. The molecule has 112 valence electrons. The first-order valence-electron chi connectivity index (χ1n) is 7.34. The van der Waals surface area contributed by atoms with Crippen molar-refractivity contribution in [1.29, 1.82) is 0 Å². The summed E-state index contributed by atoms with van der Waals surface area (Å²) in [4.78, 5) is 0. The Kier molecular flexibility index (Phi) is 5.83. The van der Waals surface area contributed by atoms with E-state index in [2.05, 4.69) is 66.2 Å². The number of benzene rings is 2. The van der Waals surface area contributed by atoms with E-state index in [-0.39, 0.29) is 6.04 Å². The highest BCUT2D eigenvalue weighted by Crippen LogP contribution is 2.29. The Labute approximate surface area is 135 Å². The number of rotatable bonds is 6. The lowest BCUT2D eigenvalue weighted by molar-refractivity contribution is 0.315. The van der Waals surface area contributed by atoms with Crippen LogP contribution in [0.2, 0.25) is 0 Å². The van der Waals surface area contributed by atoms with Gasteiger partial charge < -0.3 is 10.5 Å². The molecule has 2 nitrogen and oxygen atoms in total. The van der Waals surface area contributed by atoms with E-state index < -0.39 is 0 Å². The molecule has 0 amide bonds. The molecule has 2 aromatic rings. The molecule has 21 heavy (non-hydrogen) atoms. The van der Waals surface area contributed by atoms with E-state index >= 15 is 0 Å². The molecular weight excluding hydrogens is 326 g/mol. The van der Waals surface area contributed by atoms with Gasteiger partial charge in [0.15, 0.2) is 0 Å². The van der Waals surface area contributed by atoms with Crippen LogP contribution in [0.15, 0.2) is 46.9 Å². The summed E-state index contributed by atoms with van der Waals surface area (Å²) < 4.78 is 6.64. The van der Waals surface area contributed by atoms with Crippen molar-refractivity contribution in [2.24, 2.45) is 5.73 Å². The van der Waals surface area contributed by atoms with Gasteiger partial charge in [-0.15, -0.1) is 0 Å². The van der Waals surface area contributed by atoms with E-state index in [1.165, 1.54) is 11.1 Å². The van der Waals surface area contributed by atoms with E-state index in [9.17, 15) is 0 Å². The topological polar surface area (TPSA) is 35.2 Å². The molecule has 0 bridgehead atoms. The van der Waals surface area contributed by atoms with Crippen molar-refractivity contribution in [2.75, 3.05) is 6.61 Å². The Hall–Kier alpha value is -1.32. The molecule has 2 aromatic carbocycles. The summed E-state index contributed by atoms with van der Waals surface area (Å²) in [6.07, 6.45) is 1.84. The third-order valence-corrected chi connectivity index (χ3v) is 4.17. The van der Waals surface area contributed by atoms with Crippen molar-refractivity contribution >= 4 is 15.9 Å². The Morgan fingerprint density at radius 2 is 1.95 bits per heavy atom. The first kappa shape index (κ1) is 16.1. The Bertz CT molecular complexity index is 598. The van der Waals surface area contributed by atoms with Gasteiger partial charge in [0, 0.05) is 6.04 Å². The molecule has 0 aliphatic heterocycles. The first-order valence-corrected chi connectivity index (χ1v) is 8.13. The minimum absolute atomic E-state index is 0.0115. The quantitative estimate of drug-likeness (QED) is 0.815. The molecule has 0 aromatic heterocycles. The summed E-state index contributed by atoms with van der Waals surface area (Å²) in [5.41, 5.74) is 10.1. The van der Waals surface area contributed by atoms with Crippen molar-refractivity contribution < 1.29 is 4.74 Å². The molecule has 1 atom stereocenters. The number of aryl methyl sites for hydroxylation is 1. The summed E-state index contributed by atoms with van der Waals surface area (Å²) >= 11 is 3.56. The maximum absolute atomic E-state index is 6.35. The van der Waals surface area contributed by atoms with Gasteiger partial charge in [-0.25, -0.2) is 0 Å². The number of hydrogen-bond acceptors (Lipinski definition) is 2. The third kappa shape index (κ3) is 4.32. The van der Waals surface area contributed by atoms with Crippen LogP contribution < -0.4 is 10.5 Å². The first-order chi connectivity index (χ1) is 10.1. The van der Waals surface area contributed by atoms with Crippen molar-refractivity contribution in [3.8, 4) is 5.75 Å². The van der Waals surface area contributed by atoms with Gasteiger partial charge in [0.1, 0.15) is 5.75 Å². The van der Waals surface area contributed by atoms with Crippen molar-refractivity contribution in [1.82, 2.24) is 0 Å². The second-order valence-electron chi connectivity index (χ2n) is 5.28. The van der Waals surface area contributed by atoms with Crippen LogP contribution in [-0.4, -0.2) is 6.61 Å². The predicted octanol–water partition coefficient (Wildman–Crippen LogP) is 4.79. The SMILES string of the molecule is CCCOc1ccc(C(N)Cc2ccccc2C)cc1Br. The summed E-state index contributed by atoms with van der Waals surface area (Å²) in [6.45, 7) is 4.95. The van der Waals surface area contributed by atoms with Gasteiger partial charge in [0.25, 0.3) is 0 Å². The van der Waals surface area contributed by atoms with Crippen LogP contribution in [-0.2, 0) is 6.42 Å². The van der Waals surface area contributed by atoms with Gasteiger partial charge in [-0.05, 0) is 64.5 Å². The maximum Gasteiger partial charge on any atom is 0.133 e. The number of ether oxygens (including phenoxy) is 1. The average molecular weight is 348 g/mol. The molecule has 1 unspecified atom stereocenters. The molecule has 0 saturated carbocycles. The number of hydrogen-bond donors (Lipinski definition) is 1. The summed E-state index contributed by atoms with van der Waals surface area (Å²) in [7, 11) is 0. The van der Waals surface area contributed by atoms with Crippen LogP contribution >= 0.6 is 15.9 Å². The van der Waals surface area contributed by atoms with Gasteiger partial charge >= 0.3 is 0 Å². The average Bonchev–Trinajstić information content (AvgIpc) is 2.48. The number of nitrogens with two attached hydrogens (primary N) is 1. The normalized spacial score (nSPS) is 12.2. The van der Waals surface area contributed by atoms with E-state index in [0.717, 1.165) is 35.2 Å². The minimum Gasteiger partial charge on any atom is -0.492 e. The van der Waals surface area contributed by atoms with E-state index in [1.807, 2.05) is 6.07 Å². The molecule has 0 heterocycles. The highest BCUT2D eigenvalue weighted by molar-refractivity contribution is 9.10. The third-order valence-electron chi connectivity index (χ3n) is 3.55. The minimum atomic E-state index is -0.0115. The summed E-state index contributed by atoms with van der Waals surface area (Å²) in [5, 5.41) is 0. The van der Waals surface area contributed by atoms with E-state index in [4.69, 9.17) is 10.5 Å². The molecule has 2 N–H and O–H groups in total. The maximum atomic E-state index is 6.35. The van der Waals surface area contributed by atoms with Gasteiger partial charge in [0.05, 0.1) is 11.1 Å². The molecule has 0 fully saturated rings. The summed E-state index contributed by atoms with van der Waals surface area (Å²) in [6, 6.07) is 14.5. The van der Waals surface area contributed by atoms with Crippen LogP contribution in [0, 0.1) is 6.92 Å². The Morgan fingerprint density at radius 3 is 2.62 bits per heavy atom. The molecule has 0 aliphatic carbocycles. The monoisotopic (exact) mass is 347 g/mol. The van der Waals surface area contributed by atoms with Crippen LogP contribution in [0.3, 0.4) is 0 Å². The van der Waals surface area contributed by atoms with Crippen LogP contribution in [0.1, 0.15) is 36.1 Å². The smallest absolute Gasteiger partial charge is 0.133 e. The second-order valence-corrected chi connectivity index (χ2v) is 6.13. The molecule has 0 saturated heterocycles. The fourth-order valence-electron chi connectivity index (χ4n) is 2.27. The molecule has 0 aliphatic rings. The molecule has 0 radical (unpaired) electrons. The predicted molar refractivity (Wildman–Crippen MR) is 91.7 cm³/mol. The van der Waals surface area contributed by atoms with Crippen LogP contribution in [0.4, 0.5) is 0 Å². The molecule has 0 spiro atoms. The van der Waals surface area contributed by atoms with Crippen LogP contribution in [0.5, 0.6) is 5.75 Å². The van der Waals surface area contributed by atoms with Gasteiger partial charge in [0.2, 0.25) is 0 Å². The van der Waals surface area contributed by atoms with Gasteiger partial charge in [-0.3, -0.25) is 0 Å². The number of halogens is 1. The van der Waals surface area contributed by atoms with Crippen molar-refractivity contribution in [3.05, 3.63) is 63.6 Å². The highest BCUT2D eigenvalue weighted by atomic mass is 79.9. The molecule has 2 rings (SSSR count). The van der Waals surface area contributed by atoms with Crippen molar-refractivity contribution in [3.63, 3.8) is 0 Å². The second kappa shape index (κ2) is 7.62. The lowest BCUT2D eigenvalue weighted by Gasteiger charge is -2.15. The largest absolute Gasteiger partial charge is 0.492 e. The lowest BCUT2D eigenvalue weighted by Crippen LogP contribution is -2.14. The fraction of sp³-hybridized carbons (Fsp3) is 0.333. The Morgan fingerprint density at radius 1 is 1.19 bits per heavy atom. The highest BCUT2D eigenvalue weighted by Gasteiger charge is 2.11. The van der Waals surface area contributed by atoms with E-state index in [1.54, 1.807) is 0 Å². The molecule has 3 heteroatoms. The van der Waals surface area contributed by atoms with Gasteiger partial charge in [-0.1, -0.05) is 37.3 Å². The lowest BCUT2D eigenvalue weighted by atomic mass is 9.97. The zero-order chi connectivity index (χ0) is 15.2. The van der Waals surface area contributed by atoms with Gasteiger partial charge in [-0.2, -0.15) is 0 Å². The molecular formula is C18H22BrNO. The van der Waals surface area contributed by atoms with Crippen LogP contribution in [0.25, 0.3) is 0 Å². The zero-order valence-corrected chi connectivity index (χ0v) is 14.2. The summed E-state index contributed by atoms with van der Waals surface area (Å²) in [5.74, 6) is 0.878. The standard InChI is InChI=1S/C18H22BrNO/c1-3-10-21-18-9-8-15(11-16(18)19)17(20)12-14-7-5-4-6-13(14)2/h4-9,11,17H,3,10,12,20H2,1-2H3. The van der Waals surface area contributed by atoms with E-state index in [0.29, 0.717) is 0 Å². The Balaban J connectivity index is 2.11.